The van der Waals surface area contributed by atoms with Gasteiger partial charge in [-0.15, -0.1) is 0 Å². The smallest absolute Gasteiger partial charge is 0.0626 e. The second-order valence-corrected chi connectivity index (χ2v) is 4.49. The first-order valence-electron chi connectivity index (χ1n) is 5.94. The highest BCUT2D eigenvalue weighted by atomic mass is 14.9. The van der Waals surface area contributed by atoms with Crippen molar-refractivity contribution >= 4 is 27.5 Å². The zero-order valence-corrected chi connectivity index (χ0v) is 10.5. The number of hydrogen-bond donors (Lipinski definition) is 1. The summed E-state index contributed by atoms with van der Waals surface area (Å²) in [5.74, 6) is 2.97. The predicted molar refractivity (Wildman–Crippen MR) is 77.4 cm³/mol. The van der Waals surface area contributed by atoms with Crippen LogP contribution in [0.15, 0.2) is 36.4 Å². The van der Waals surface area contributed by atoms with Gasteiger partial charge in [0, 0.05) is 22.5 Å². The van der Waals surface area contributed by atoms with Crippen molar-refractivity contribution in [1.29, 1.82) is 0 Å². The fourth-order valence-corrected chi connectivity index (χ4v) is 2.39. The molecule has 18 heavy (non-hydrogen) atoms. The van der Waals surface area contributed by atoms with Crippen LogP contribution in [0.5, 0.6) is 0 Å². The SMILES string of the molecule is CC#Cn1c2ccc(C)cc2c2cc(N)ccc21. The third kappa shape index (κ3) is 1.45. The van der Waals surface area contributed by atoms with Crippen LogP contribution in [0.25, 0.3) is 21.8 Å². The van der Waals surface area contributed by atoms with E-state index in [0.717, 1.165) is 22.1 Å². The first-order valence-corrected chi connectivity index (χ1v) is 5.94. The molecule has 0 bridgehead atoms. The number of nitrogens with two attached hydrogens (primary N) is 1. The number of aromatic nitrogens is 1. The fourth-order valence-electron chi connectivity index (χ4n) is 2.39. The van der Waals surface area contributed by atoms with E-state index in [2.05, 4.69) is 37.1 Å². The Hall–Kier alpha value is -2.40. The molecule has 88 valence electrons. The molecule has 1 aromatic heterocycles. The van der Waals surface area contributed by atoms with Crippen LogP contribution in [0.2, 0.25) is 0 Å². The van der Waals surface area contributed by atoms with E-state index in [0.29, 0.717) is 0 Å². The number of nitrogen functional groups attached to an aromatic ring is 1. The Morgan fingerprint density at radius 2 is 1.67 bits per heavy atom. The third-order valence-corrected chi connectivity index (χ3v) is 3.17. The van der Waals surface area contributed by atoms with E-state index in [9.17, 15) is 0 Å². The minimum atomic E-state index is 0.785. The van der Waals surface area contributed by atoms with Crippen molar-refractivity contribution < 1.29 is 0 Å². The largest absolute Gasteiger partial charge is 0.399 e. The Morgan fingerprint density at radius 3 is 2.39 bits per heavy atom. The van der Waals surface area contributed by atoms with Crippen molar-refractivity contribution in [3.63, 3.8) is 0 Å². The van der Waals surface area contributed by atoms with Gasteiger partial charge >= 0.3 is 0 Å². The van der Waals surface area contributed by atoms with Crippen LogP contribution in [-0.2, 0) is 0 Å². The van der Waals surface area contributed by atoms with E-state index in [1.54, 1.807) is 0 Å². The van der Waals surface area contributed by atoms with Gasteiger partial charge in [-0.05, 0) is 44.2 Å². The molecule has 2 aromatic carbocycles. The Bertz CT molecular complexity index is 754. The summed E-state index contributed by atoms with van der Waals surface area (Å²) >= 11 is 0. The molecule has 0 fully saturated rings. The summed E-state index contributed by atoms with van der Waals surface area (Å²) in [4.78, 5) is 0. The van der Waals surface area contributed by atoms with E-state index in [1.807, 2.05) is 29.7 Å². The highest BCUT2D eigenvalue weighted by Gasteiger charge is 2.09. The van der Waals surface area contributed by atoms with Gasteiger partial charge in [-0.25, -0.2) is 0 Å². The Labute approximate surface area is 106 Å². The van der Waals surface area contributed by atoms with Gasteiger partial charge in [0.05, 0.1) is 11.0 Å². The topological polar surface area (TPSA) is 30.9 Å². The van der Waals surface area contributed by atoms with Gasteiger partial charge < -0.3 is 5.73 Å². The minimum absolute atomic E-state index is 0.785. The number of benzene rings is 2. The molecule has 1 heterocycles. The summed E-state index contributed by atoms with van der Waals surface area (Å²) in [6, 6.07) is 15.5. The summed E-state index contributed by atoms with van der Waals surface area (Å²) in [6.07, 6.45) is 0. The van der Waals surface area contributed by atoms with E-state index >= 15 is 0 Å². The lowest BCUT2D eigenvalue weighted by molar-refractivity contribution is 1.26. The van der Waals surface area contributed by atoms with Crippen LogP contribution in [-0.4, -0.2) is 4.57 Å². The van der Waals surface area contributed by atoms with E-state index in [-0.39, 0.29) is 0 Å². The van der Waals surface area contributed by atoms with Crippen molar-refractivity contribution in [2.75, 3.05) is 5.73 Å². The molecule has 2 heteroatoms. The van der Waals surface area contributed by atoms with Crippen molar-refractivity contribution in [2.24, 2.45) is 0 Å². The quantitative estimate of drug-likeness (QED) is 0.468. The predicted octanol–water partition coefficient (Wildman–Crippen LogP) is 3.51. The number of rotatable bonds is 0. The summed E-state index contributed by atoms with van der Waals surface area (Å²) in [5.41, 5.74) is 10.2. The standard InChI is InChI=1S/C16H14N2/c1-3-8-18-15-6-4-11(2)9-13(15)14-10-12(17)5-7-16(14)18/h4-7,9-10H,17H2,1-2H3. The molecule has 0 aliphatic heterocycles. The molecular formula is C16H14N2. The second-order valence-electron chi connectivity index (χ2n) is 4.49. The summed E-state index contributed by atoms with van der Waals surface area (Å²) in [7, 11) is 0. The molecule has 2 N–H and O–H groups in total. The Kier molecular flexibility index (Phi) is 2.28. The fraction of sp³-hybridized carbons (Fsp3) is 0.125. The van der Waals surface area contributed by atoms with Crippen LogP contribution in [0.3, 0.4) is 0 Å². The first kappa shape index (κ1) is 10.7. The van der Waals surface area contributed by atoms with Crippen LogP contribution < -0.4 is 5.73 Å². The van der Waals surface area contributed by atoms with Gasteiger partial charge in [-0.1, -0.05) is 17.6 Å². The highest BCUT2D eigenvalue weighted by molar-refractivity contribution is 6.09. The van der Waals surface area contributed by atoms with Crippen molar-refractivity contribution in [2.45, 2.75) is 13.8 Å². The summed E-state index contributed by atoms with van der Waals surface area (Å²) < 4.78 is 2.03. The van der Waals surface area contributed by atoms with E-state index in [4.69, 9.17) is 5.73 Å². The lowest BCUT2D eigenvalue weighted by Crippen LogP contribution is -1.88. The molecule has 2 nitrogen and oxygen atoms in total. The van der Waals surface area contributed by atoms with Crippen LogP contribution >= 0.6 is 0 Å². The Balaban J connectivity index is 2.59. The molecule has 3 rings (SSSR count). The number of nitrogens with zero attached hydrogens (tertiary/aromatic N) is 1. The summed E-state index contributed by atoms with van der Waals surface area (Å²) in [6.45, 7) is 3.95. The van der Waals surface area contributed by atoms with Crippen molar-refractivity contribution in [3.05, 3.63) is 42.0 Å². The first-order chi connectivity index (χ1) is 8.70. The highest BCUT2D eigenvalue weighted by Crippen LogP contribution is 2.30. The third-order valence-electron chi connectivity index (χ3n) is 3.17. The van der Waals surface area contributed by atoms with Gasteiger partial charge in [0.2, 0.25) is 0 Å². The lowest BCUT2D eigenvalue weighted by Gasteiger charge is -1.97. The van der Waals surface area contributed by atoms with Crippen molar-refractivity contribution in [3.8, 4) is 12.0 Å². The molecule has 0 aliphatic carbocycles. The molecule has 0 atom stereocenters. The van der Waals surface area contributed by atoms with Crippen molar-refractivity contribution in [1.82, 2.24) is 4.57 Å². The number of hydrogen-bond acceptors (Lipinski definition) is 1. The monoisotopic (exact) mass is 234 g/mol. The maximum Gasteiger partial charge on any atom is 0.0626 e. The van der Waals surface area contributed by atoms with Gasteiger partial charge in [0.15, 0.2) is 0 Å². The minimum Gasteiger partial charge on any atom is -0.399 e. The van der Waals surface area contributed by atoms with E-state index < -0.39 is 0 Å². The molecule has 0 spiro atoms. The molecular weight excluding hydrogens is 220 g/mol. The Morgan fingerprint density at radius 1 is 1.00 bits per heavy atom. The molecule has 0 saturated carbocycles. The second kappa shape index (κ2) is 3.82. The van der Waals surface area contributed by atoms with Gasteiger partial charge in [0.1, 0.15) is 0 Å². The van der Waals surface area contributed by atoms with E-state index in [1.165, 1.54) is 10.9 Å². The number of aryl methyl sites for hydroxylation is 1. The van der Waals surface area contributed by atoms with Crippen LogP contribution in [0.4, 0.5) is 5.69 Å². The number of fused-ring (bicyclic) bond motifs is 3. The maximum absolute atomic E-state index is 5.89. The van der Waals surface area contributed by atoms with Crippen LogP contribution in [0, 0.1) is 18.9 Å². The molecule has 3 aromatic rings. The van der Waals surface area contributed by atoms with Gasteiger partial charge in [0.25, 0.3) is 0 Å². The molecule has 0 saturated heterocycles. The normalized spacial score (nSPS) is 10.6. The summed E-state index contributed by atoms with van der Waals surface area (Å²) in [5, 5.41) is 2.37. The average molecular weight is 234 g/mol. The molecule has 0 radical (unpaired) electrons. The zero-order chi connectivity index (χ0) is 12.7. The molecule has 0 amide bonds. The lowest BCUT2D eigenvalue weighted by atomic mass is 10.1. The number of anilines is 1. The average Bonchev–Trinajstić information content (AvgIpc) is 2.64. The van der Waals surface area contributed by atoms with Crippen LogP contribution in [0.1, 0.15) is 12.5 Å². The maximum atomic E-state index is 5.89. The molecule has 0 unspecified atom stereocenters. The van der Waals surface area contributed by atoms with Gasteiger partial charge in [-0.3, -0.25) is 4.57 Å². The zero-order valence-electron chi connectivity index (χ0n) is 10.5. The van der Waals surface area contributed by atoms with Gasteiger partial charge in [-0.2, -0.15) is 0 Å². The molecule has 0 aliphatic rings.